The van der Waals surface area contributed by atoms with Crippen molar-refractivity contribution in [3.8, 4) is 0 Å². The van der Waals surface area contributed by atoms with Crippen LogP contribution in [-0.2, 0) is 6.42 Å². The van der Waals surface area contributed by atoms with Crippen LogP contribution >= 0.6 is 24.8 Å². The van der Waals surface area contributed by atoms with Crippen LogP contribution in [0.15, 0.2) is 40.8 Å². The Morgan fingerprint density at radius 1 is 1.20 bits per heavy atom. The Morgan fingerprint density at radius 2 is 2.07 bits per heavy atom. The van der Waals surface area contributed by atoms with Gasteiger partial charge in [0.1, 0.15) is 0 Å². The van der Waals surface area contributed by atoms with Crippen LogP contribution in [0.5, 0.6) is 0 Å². The summed E-state index contributed by atoms with van der Waals surface area (Å²) < 4.78 is 0. The summed E-state index contributed by atoms with van der Waals surface area (Å²) in [7, 11) is 0. The van der Waals surface area contributed by atoms with Gasteiger partial charge in [-0.1, -0.05) is 0 Å². The molecule has 1 aliphatic heterocycles. The molecule has 0 spiro atoms. The summed E-state index contributed by atoms with van der Waals surface area (Å²) in [4.78, 5) is 8.39. The van der Waals surface area contributed by atoms with Gasteiger partial charge in [-0.2, -0.15) is 0 Å². The molecule has 1 aromatic rings. The van der Waals surface area contributed by atoms with Gasteiger partial charge in [0.05, 0.1) is 5.70 Å². The molecule has 0 saturated heterocycles. The molecule has 2 heterocycles. The topological polar surface area (TPSA) is 25.2 Å². The molecule has 0 N–H and O–H groups in total. The van der Waals surface area contributed by atoms with E-state index < -0.39 is 0 Å². The monoisotopic (exact) mass is 240 g/mol. The zero-order chi connectivity index (χ0) is 8.67. The van der Waals surface area contributed by atoms with E-state index in [1.165, 1.54) is 16.7 Å². The third-order valence-corrected chi connectivity index (χ3v) is 2.43. The van der Waals surface area contributed by atoms with Gasteiger partial charge in [-0.25, -0.2) is 0 Å². The molecule has 2 nitrogen and oxygen atoms in total. The molecule has 0 fully saturated rings. The SMILES string of the molecule is C1=NC2=Cc3ccncc3CC2=C1.Cl.Cl. The molecular formula is C11H10Cl2N2. The molecule has 0 amide bonds. The number of fused-ring (bicyclic) bond motifs is 2. The van der Waals surface area contributed by atoms with Gasteiger partial charge in [0, 0.05) is 25.0 Å². The molecule has 15 heavy (non-hydrogen) atoms. The minimum Gasteiger partial charge on any atom is -0.264 e. The average Bonchev–Trinajstić information content (AvgIpc) is 2.61. The van der Waals surface area contributed by atoms with E-state index in [9.17, 15) is 0 Å². The summed E-state index contributed by atoms with van der Waals surface area (Å²) in [5, 5.41) is 0. The maximum Gasteiger partial charge on any atom is 0.0671 e. The van der Waals surface area contributed by atoms with Crippen molar-refractivity contribution in [1.29, 1.82) is 0 Å². The minimum atomic E-state index is 0. The lowest BCUT2D eigenvalue weighted by molar-refractivity contribution is 1.09. The Kier molecular flexibility index (Phi) is 3.66. The van der Waals surface area contributed by atoms with Crippen LogP contribution in [0.3, 0.4) is 0 Å². The standard InChI is InChI=1S/C11H8N2.2ClH/c1-3-12-7-10-5-9-2-4-13-11(9)6-8(1)10;;/h1-4,6-7H,5H2;2*1H. The number of rotatable bonds is 0. The number of aliphatic imine (C=N–C) groups is 1. The normalized spacial score (nSPS) is 15.2. The number of hydrogen-bond acceptors (Lipinski definition) is 2. The maximum atomic E-state index is 4.28. The van der Waals surface area contributed by atoms with Gasteiger partial charge in [0.15, 0.2) is 0 Å². The van der Waals surface area contributed by atoms with Gasteiger partial charge >= 0.3 is 0 Å². The second-order valence-electron chi connectivity index (χ2n) is 3.25. The van der Waals surface area contributed by atoms with Crippen molar-refractivity contribution in [3.63, 3.8) is 0 Å². The quantitative estimate of drug-likeness (QED) is 0.685. The predicted octanol–water partition coefficient (Wildman–Crippen LogP) is 2.83. The molecule has 0 aromatic carbocycles. The zero-order valence-electron chi connectivity index (χ0n) is 7.88. The number of pyridine rings is 1. The lowest BCUT2D eigenvalue weighted by Crippen LogP contribution is -2.00. The van der Waals surface area contributed by atoms with Crippen LogP contribution in [0, 0.1) is 0 Å². The van der Waals surface area contributed by atoms with E-state index in [0.717, 1.165) is 12.1 Å². The van der Waals surface area contributed by atoms with Crippen molar-refractivity contribution >= 4 is 37.1 Å². The van der Waals surface area contributed by atoms with Crippen molar-refractivity contribution in [1.82, 2.24) is 4.98 Å². The van der Waals surface area contributed by atoms with Gasteiger partial charge in [-0.3, -0.25) is 9.98 Å². The van der Waals surface area contributed by atoms with E-state index in [1.54, 1.807) is 0 Å². The average molecular weight is 241 g/mol. The van der Waals surface area contributed by atoms with E-state index in [4.69, 9.17) is 0 Å². The molecular weight excluding hydrogens is 231 g/mol. The van der Waals surface area contributed by atoms with Crippen LogP contribution in [0.1, 0.15) is 11.1 Å². The molecule has 0 radical (unpaired) electrons. The van der Waals surface area contributed by atoms with E-state index >= 15 is 0 Å². The Labute approximate surface area is 101 Å². The Hall–Kier alpha value is -1.12. The zero-order valence-corrected chi connectivity index (χ0v) is 9.52. The summed E-state index contributed by atoms with van der Waals surface area (Å²) in [5.41, 5.74) is 4.96. The van der Waals surface area contributed by atoms with Gasteiger partial charge in [-0.05, 0) is 34.9 Å². The largest absolute Gasteiger partial charge is 0.264 e. The first-order valence-corrected chi connectivity index (χ1v) is 4.32. The van der Waals surface area contributed by atoms with Crippen LogP contribution < -0.4 is 0 Å². The first-order chi connectivity index (χ1) is 6.43. The second kappa shape index (κ2) is 4.60. The molecule has 0 bridgehead atoms. The molecule has 1 aromatic heterocycles. The Bertz CT molecular complexity index is 461. The fraction of sp³-hybridized carbons (Fsp3) is 0.0909. The number of nitrogens with zero attached hydrogens (tertiary/aromatic N) is 2. The molecule has 4 heteroatoms. The third-order valence-electron chi connectivity index (χ3n) is 2.43. The smallest absolute Gasteiger partial charge is 0.0671 e. The van der Waals surface area contributed by atoms with E-state index in [2.05, 4.69) is 22.1 Å². The second-order valence-corrected chi connectivity index (χ2v) is 3.25. The summed E-state index contributed by atoms with van der Waals surface area (Å²) >= 11 is 0. The van der Waals surface area contributed by atoms with Crippen molar-refractivity contribution in [2.24, 2.45) is 4.99 Å². The Balaban J connectivity index is 0.000000562. The highest BCUT2D eigenvalue weighted by Gasteiger charge is 2.16. The van der Waals surface area contributed by atoms with E-state index in [1.807, 2.05) is 24.7 Å². The predicted molar refractivity (Wildman–Crippen MR) is 67.0 cm³/mol. The van der Waals surface area contributed by atoms with Crippen LogP contribution in [0.25, 0.3) is 6.08 Å². The number of aromatic nitrogens is 1. The molecule has 2 aliphatic rings. The van der Waals surface area contributed by atoms with Gasteiger partial charge in [0.25, 0.3) is 0 Å². The summed E-state index contributed by atoms with van der Waals surface area (Å²) in [5.74, 6) is 0. The van der Waals surface area contributed by atoms with Crippen molar-refractivity contribution in [3.05, 3.63) is 46.9 Å². The van der Waals surface area contributed by atoms with Crippen LogP contribution in [-0.4, -0.2) is 11.2 Å². The molecule has 0 atom stereocenters. The summed E-state index contributed by atoms with van der Waals surface area (Å²) in [6, 6.07) is 2.03. The lowest BCUT2D eigenvalue weighted by Gasteiger charge is -2.13. The van der Waals surface area contributed by atoms with Gasteiger partial charge in [-0.15, -0.1) is 24.8 Å². The highest BCUT2D eigenvalue weighted by molar-refractivity contribution is 5.85. The highest BCUT2D eigenvalue weighted by Crippen LogP contribution is 2.29. The van der Waals surface area contributed by atoms with E-state index in [-0.39, 0.29) is 24.8 Å². The van der Waals surface area contributed by atoms with Crippen molar-refractivity contribution in [2.75, 3.05) is 0 Å². The maximum absolute atomic E-state index is 4.28. The van der Waals surface area contributed by atoms with Crippen molar-refractivity contribution < 1.29 is 0 Å². The first-order valence-electron chi connectivity index (χ1n) is 4.32. The summed E-state index contributed by atoms with van der Waals surface area (Å²) in [6.07, 6.45) is 10.8. The van der Waals surface area contributed by atoms with Crippen LogP contribution in [0.2, 0.25) is 0 Å². The molecule has 0 saturated carbocycles. The first kappa shape index (κ1) is 12.0. The molecule has 0 unspecified atom stereocenters. The summed E-state index contributed by atoms with van der Waals surface area (Å²) in [6.45, 7) is 0. The van der Waals surface area contributed by atoms with Gasteiger partial charge < -0.3 is 0 Å². The van der Waals surface area contributed by atoms with Crippen LogP contribution in [0.4, 0.5) is 0 Å². The molecule has 3 rings (SSSR count). The molecule has 78 valence electrons. The molecule has 1 aliphatic carbocycles. The lowest BCUT2D eigenvalue weighted by atomic mass is 9.94. The number of allylic oxidation sites excluding steroid dienone is 2. The third kappa shape index (κ3) is 1.96. The Morgan fingerprint density at radius 3 is 2.93 bits per heavy atom. The van der Waals surface area contributed by atoms with E-state index in [0.29, 0.717) is 0 Å². The fourth-order valence-corrected chi connectivity index (χ4v) is 1.73. The minimum absolute atomic E-state index is 0. The van der Waals surface area contributed by atoms with Crippen molar-refractivity contribution in [2.45, 2.75) is 6.42 Å². The number of hydrogen-bond donors (Lipinski definition) is 0. The highest BCUT2D eigenvalue weighted by atomic mass is 35.5. The van der Waals surface area contributed by atoms with Gasteiger partial charge in [0.2, 0.25) is 0 Å². The fourth-order valence-electron chi connectivity index (χ4n) is 1.73. The number of halogens is 2.